The monoisotopic (exact) mass is 1560 g/mol. The summed E-state index contributed by atoms with van der Waals surface area (Å²) in [7, 11) is -4.10. The smallest absolute Gasteiger partial charge is 0.206 e. The molecule has 20 rings (SSSR count). The Morgan fingerprint density at radius 2 is 0.289 bits per heavy atom. The maximum Gasteiger partial charge on any atom is 0.206 e. The first-order chi connectivity index (χ1) is 59.8. The molecular formula is C116H80N2O2S. The molecule has 0 radical (unpaired) electrons. The van der Waals surface area contributed by atoms with Crippen LogP contribution in [-0.2, 0) is 9.84 Å². The molecule has 0 saturated carbocycles. The number of hydrogen-bond donors (Lipinski definition) is 0. The van der Waals surface area contributed by atoms with E-state index in [0.717, 1.165) is 189 Å². The minimum Gasteiger partial charge on any atom is -0.309 e. The number of sulfone groups is 1. The molecule has 0 bridgehead atoms. The van der Waals surface area contributed by atoms with E-state index in [1.165, 1.54) is 0 Å². The Bertz CT molecular complexity index is 6420. The zero-order chi connectivity index (χ0) is 81.0. The van der Waals surface area contributed by atoms with Gasteiger partial charge in [-0.05, 0) is 231 Å². The molecule has 0 spiro atoms. The third-order valence-electron chi connectivity index (χ3n) is 23.2. The summed E-state index contributed by atoms with van der Waals surface area (Å²) in [5.41, 5.74) is 31.8. The minimum absolute atomic E-state index is 0.186. The van der Waals surface area contributed by atoms with Crippen LogP contribution in [0.2, 0.25) is 0 Å². The van der Waals surface area contributed by atoms with Crippen LogP contribution in [0.1, 0.15) is 89.0 Å². The van der Waals surface area contributed by atoms with Crippen molar-refractivity contribution in [1.82, 2.24) is 9.13 Å². The lowest BCUT2D eigenvalue weighted by molar-refractivity contribution is 0.596. The van der Waals surface area contributed by atoms with Gasteiger partial charge in [0.05, 0.1) is 31.9 Å². The minimum atomic E-state index is -4.10. The van der Waals surface area contributed by atoms with E-state index in [-0.39, 0.29) is 9.79 Å². The highest BCUT2D eigenvalue weighted by Gasteiger charge is 2.27. The first kappa shape index (κ1) is 74.3. The number of fused-ring (bicyclic) bond motifs is 6. The number of hydrogen-bond acceptors (Lipinski definition) is 2. The first-order valence-electron chi connectivity index (χ1n) is 41.1. The van der Waals surface area contributed by atoms with Crippen LogP contribution in [0.5, 0.6) is 0 Å². The maximum absolute atomic E-state index is 15.6. The lowest BCUT2D eigenvalue weighted by Crippen LogP contribution is -2.03. The van der Waals surface area contributed by atoms with Gasteiger partial charge in [-0.15, -0.1) is 0 Å². The Balaban J connectivity index is 0.744. The quantitative estimate of drug-likeness (QED) is 0.0714. The molecule has 0 fully saturated rings. The van der Waals surface area contributed by atoms with Gasteiger partial charge in [-0.2, -0.15) is 0 Å². The first-order valence-corrected chi connectivity index (χ1v) is 42.6. The van der Waals surface area contributed by atoms with Gasteiger partial charge < -0.3 is 9.13 Å². The van der Waals surface area contributed by atoms with E-state index in [9.17, 15) is 0 Å². The Hall–Kier alpha value is -15.5. The molecular weight excluding hydrogens is 1490 g/mol. The van der Waals surface area contributed by atoms with Crippen molar-refractivity contribution in [2.45, 2.75) is 9.79 Å². The van der Waals surface area contributed by atoms with Gasteiger partial charge in [0.15, 0.2) is 0 Å². The van der Waals surface area contributed by atoms with E-state index in [2.05, 4.69) is 446 Å². The highest BCUT2D eigenvalue weighted by atomic mass is 32.2. The predicted molar refractivity (Wildman–Crippen MR) is 504 cm³/mol. The summed E-state index contributed by atoms with van der Waals surface area (Å²) in [6.07, 6.45) is 0. The maximum atomic E-state index is 15.6. The summed E-state index contributed by atoms with van der Waals surface area (Å²) in [6, 6.07) is 171. The fraction of sp³-hybridized carbons (Fsp3) is 0. The van der Waals surface area contributed by atoms with Crippen LogP contribution >= 0.6 is 0 Å². The van der Waals surface area contributed by atoms with Crippen LogP contribution < -0.4 is 0 Å². The van der Waals surface area contributed by atoms with E-state index in [0.29, 0.717) is 0 Å². The number of benzene rings is 18. The van der Waals surface area contributed by atoms with Crippen molar-refractivity contribution >= 4 is 98.0 Å². The van der Waals surface area contributed by atoms with Crippen molar-refractivity contribution in [3.05, 3.63) is 574 Å². The van der Waals surface area contributed by atoms with Gasteiger partial charge in [-0.1, -0.05) is 388 Å². The van der Waals surface area contributed by atoms with Gasteiger partial charge >= 0.3 is 0 Å². The van der Waals surface area contributed by atoms with Gasteiger partial charge in [0.25, 0.3) is 0 Å². The molecule has 0 unspecified atom stereocenters. The molecule has 0 N–H and O–H groups in total. The molecule has 4 nitrogen and oxygen atoms in total. The van der Waals surface area contributed by atoms with Gasteiger partial charge in [0, 0.05) is 32.9 Å². The summed E-state index contributed by atoms with van der Waals surface area (Å²) in [5.74, 6) is 0. The van der Waals surface area contributed by atoms with E-state index < -0.39 is 9.84 Å². The normalized spacial score (nSPS) is 11.4. The van der Waals surface area contributed by atoms with Crippen molar-refractivity contribution < 1.29 is 8.42 Å². The number of rotatable bonds is 20. The molecule has 121 heavy (non-hydrogen) atoms. The fourth-order valence-electron chi connectivity index (χ4n) is 17.8. The van der Waals surface area contributed by atoms with Crippen molar-refractivity contribution in [3.8, 4) is 11.4 Å². The van der Waals surface area contributed by atoms with Crippen molar-refractivity contribution in [2.24, 2.45) is 0 Å². The molecule has 0 saturated heterocycles. The lowest BCUT2D eigenvalue weighted by Gasteiger charge is -2.18. The van der Waals surface area contributed by atoms with Crippen LogP contribution in [-0.4, -0.2) is 17.6 Å². The molecule has 0 aliphatic rings. The van der Waals surface area contributed by atoms with Gasteiger partial charge in [-0.25, -0.2) is 8.42 Å². The summed E-state index contributed by atoms with van der Waals surface area (Å²) >= 11 is 0. The molecule has 0 amide bonds. The zero-order valence-electron chi connectivity index (χ0n) is 66.3. The van der Waals surface area contributed by atoms with Crippen molar-refractivity contribution in [1.29, 1.82) is 0 Å². The zero-order valence-corrected chi connectivity index (χ0v) is 67.1. The summed E-state index contributed by atoms with van der Waals surface area (Å²) in [6.45, 7) is 0. The Morgan fingerprint density at radius 3 is 0.438 bits per heavy atom. The van der Waals surface area contributed by atoms with Crippen LogP contribution in [0.15, 0.2) is 495 Å². The van der Waals surface area contributed by atoms with E-state index in [1.807, 2.05) is 24.3 Å². The van der Waals surface area contributed by atoms with Crippen LogP contribution in [0, 0.1) is 0 Å². The van der Waals surface area contributed by atoms with E-state index in [1.54, 1.807) is 24.3 Å². The van der Waals surface area contributed by atoms with Gasteiger partial charge in [0.1, 0.15) is 0 Å². The van der Waals surface area contributed by atoms with Crippen LogP contribution in [0.3, 0.4) is 0 Å². The largest absolute Gasteiger partial charge is 0.309 e. The summed E-state index contributed by atoms with van der Waals surface area (Å²) in [4.78, 5) is 0.371. The average Bonchev–Trinajstić information content (AvgIpc) is 1.58. The second-order valence-electron chi connectivity index (χ2n) is 30.5. The molecule has 2 aromatic heterocycles. The van der Waals surface area contributed by atoms with Crippen molar-refractivity contribution in [3.63, 3.8) is 0 Å². The second kappa shape index (κ2) is 32.9. The Morgan fingerprint density at radius 1 is 0.149 bits per heavy atom. The predicted octanol–water partition coefficient (Wildman–Crippen LogP) is 28.7. The molecule has 0 atom stereocenters. The third kappa shape index (κ3) is 14.4. The standard InChI is InChI=1S/C116H80N2O2S/c119-121(120,99-69-65-97(66-70-99)117-105-73-61-93(113(89-53-29-9-30-54-89)109(81-37-13-1-14-38-81)82-39-15-2-16-40-82)77-101(105)102-78-94(62-74-106(102)117)114(90-55-31-10-32-56-90)110(83-41-17-3-18-42-83)84-43-19-4-20-44-84)100-71-67-98(68-72-100)118-107-75-63-95(115(91-57-33-11-34-58-91)111(85-45-21-5-22-46-85)86-47-23-6-24-48-86)79-103(107)104-80-96(64-76-108(104)118)116(92-59-35-12-36-60-92)112(87-49-25-7-26-50-87)88-51-27-8-28-52-88/h1-80H. The van der Waals surface area contributed by atoms with Crippen LogP contribution in [0.4, 0.5) is 0 Å². The molecule has 18 aromatic carbocycles. The highest BCUT2D eigenvalue weighted by Crippen LogP contribution is 2.47. The topological polar surface area (TPSA) is 44.0 Å². The van der Waals surface area contributed by atoms with E-state index >= 15 is 8.42 Å². The third-order valence-corrected chi connectivity index (χ3v) is 25.0. The average molecular weight is 1570 g/mol. The Labute approximate surface area is 706 Å². The van der Waals surface area contributed by atoms with Crippen LogP contribution in [0.25, 0.3) is 99.6 Å². The SMILES string of the molecule is O=S(=O)(c1ccc(-n2c3ccc(C(=C(c4ccccc4)c4ccccc4)c4ccccc4)cc3c3cc(C(=C(c4ccccc4)c4ccccc4)c4ccccc4)ccc32)cc1)c1ccc(-n2c3ccc(C(=C(c4ccccc4)c4ccccc4)c4ccccc4)cc3c3cc(C(=C(c4ccccc4)c4ccccc4)c4ccccc4)ccc32)cc1. The molecule has 572 valence electrons. The molecule has 5 heteroatoms. The Kier molecular flexibility index (Phi) is 20.2. The highest BCUT2D eigenvalue weighted by molar-refractivity contribution is 7.91. The summed E-state index contributed by atoms with van der Waals surface area (Å²) < 4.78 is 35.7. The fourth-order valence-corrected chi connectivity index (χ4v) is 19.1. The molecule has 2 heterocycles. The number of nitrogens with zero attached hydrogens (tertiary/aromatic N) is 2. The second-order valence-corrected chi connectivity index (χ2v) is 32.4. The number of aromatic nitrogens is 2. The lowest BCUT2D eigenvalue weighted by atomic mass is 9.85. The van der Waals surface area contributed by atoms with Gasteiger partial charge in [0.2, 0.25) is 9.84 Å². The van der Waals surface area contributed by atoms with Gasteiger partial charge in [-0.3, -0.25) is 0 Å². The summed E-state index contributed by atoms with van der Waals surface area (Å²) in [5, 5.41) is 4.17. The molecule has 0 aliphatic heterocycles. The molecule has 20 aromatic rings. The van der Waals surface area contributed by atoms with Crippen molar-refractivity contribution in [2.75, 3.05) is 0 Å². The molecule has 0 aliphatic carbocycles. The van der Waals surface area contributed by atoms with E-state index in [4.69, 9.17) is 0 Å².